The quantitative estimate of drug-likeness (QED) is 0.538. The number of rotatable bonds is 4. The first-order valence-electron chi connectivity index (χ1n) is 9.62. The van der Waals surface area contributed by atoms with Crippen LogP contribution in [0.5, 0.6) is 0 Å². The molecular formula is C23H29NO3S. The molecule has 0 saturated carbocycles. The third-order valence-electron chi connectivity index (χ3n) is 6.30. The molecule has 0 aromatic heterocycles. The second-order valence-electron chi connectivity index (χ2n) is 9.12. The summed E-state index contributed by atoms with van der Waals surface area (Å²) in [5.74, 6) is 0.551. The van der Waals surface area contributed by atoms with Crippen molar-refractivity contribution in [1.82, 2.24) is 0 Å². The van der Waals surface area contributed by atoms with E-state index in [0.717, 1.165) is 17.5 Å². The summed E-state index contributed by atoms with van der Waals surface area (Å²) in [5, 5.41) is 0. The highest BCUT2D eigenvalue weighted by Crippen LogP contribution is 2.53. The highest BCUT2D eigenvalue weighted by Gasteiger charge is 2.46. The summed E-state index contributed by atoms with van der Waals surface area (Å²) in [4.78, 5) is 4.30. The molecule has 0 amide bonds. The Morgan fingerprint density at radius 2 is 1.79 bits per heavy atom. The Balaban J connectivity index is 2.03. The maximum atomic E-state index is 11.3. The Bertz CT molecular complexity index is 1050. The molecule has 0 saturated heterocycles. The zero-order valence-corrected chi connectivity index (χ0v) is 18.3. The minimum atomic E-state index is -4.23. The normalized spacial score (nSPS) is 21.4. The van der Waals surface area contributed by atoms with Crippen LogP contribution in [-0.4, -0.2) is 19.2 Å². The Morgan fingerprint density at radius 1 is 1.11 bits per heavy atom. The molecule has 1 atom stereocenters. The Labute approximate surface area is 168 Å². The van der Waals surface area contributed by atoms with Gasteiger partial charge in [0.25, 0.3) is 10.1 Å². The van der Waals surface area contributed by atoms with Gasteiger partial charge in [-0.25, -0.2) is 0 Å². The fourth-order valence-electron chi connectivity index (χ4n) is 4.39. The summed E-state index contributed by atoms with van der Waals surface area (Å²) in [7, 11) is -4.23. The van der Waals surface area contributed by atoms with Crippen LogP contribution in [0.25, 0.3) is 0 Å². The topological polar surface area (TPSA) is 66.7 Å². The van der Waals surface area contributed by atoms with Crippen molar-refractivity contribution < 1.29 is 13.0 Å². The minimum Gasteiger partial charge on any atom is -0.282 e. The monoisotopic (exact) mass is 399 g/mol. The van der Waals surface area contributed by atoms with Crippen LogP contribution in [-0.2, 0) is 20.9 Å². The van der Waals surface area contributed by atoms with Crippen molar-refractivity contribution in [3.05, 3.63) is 58.7 Å². The second kappa shape index (κ2) is 6.82. The predicted molar refractivity (Wildman–Crippen MR) is 115 cm³/mol. The van der Waals surface area contributed by atoms with E-state index in [1.807, 2.05) is 0 Å². The molecule has 0 aliphatic heterocycles. The van der Waals surface area contributed by atoms with Gasteiger partial charge >= 0.3 is 0 Å². The zero-order valence-electron chi connectivity index (χ0n) is 17.4. The van der Waals surface area contributed by atoms with E-state index in [0.29, 0.717) is 11.6 Å². The largest absolute Gasteiger partial charge is 0.294 e. The lowest BCUT2D eigenvalue weighted by atomic mass is 9.72. The summed E-state index contributed by atoms with van der Waals surface area (Å²) in [6.45, 7) is 13.6. The van der Waals surface area contributed by atoms with E-state index in [1.165, 1.54) is 23.3 Å². The third kappa shape index (κ3) is 3.65. The van der Waals surface area contributed by atoms with E-state index in [9.17, 15) is 13.0 Å². The maximum Gasteiger partial charge on any atom is 0.294 e. The second-order valence-corrected chi connectivity index (χ2v) is 10.5. The molecule has 0 bridgehead atoms. The molecule has 1 unspecified atom stereocenters. The van der Waals surface area contributed by atoms with Gasteiger partial charge in [0.1, 0.15) is 0 Å². The summed E-state index contributed by atoms with van der Waals surface area (Å²) < 4.78 is 31.9. The molecule has 4 nitrogen and oxygen atoms in total. The molecular weight excluding hydrogens is 370 g/mol. The van der Waals surface area contributed by atoms with Crippen molar-refractivity contribution in [2.24, 2.45) is 10.9 Å². The van der Waals surface area contributed by atoms with Gasteiger partial charge in [0, 0.05) is 6.21 Å². The zero-order chi connectivity index (χ0) is 20.9. The lowest BCUT2D eigenvalue weighted by molar-refractivity contribution is 0.290. The molecule has 5 heteroatoms. The molecule has 150 valence electrons. The van der Waals surface area contributed by atoms with Gasteiger partial charge in [0.05, 0.1) is 10.6 Å². The van der Waals surface area contributed by atoms with Crippen LogP contribution in [0.4, 0.5) is 5.69 Å². The van der Waals surface area contributed by atoms with Crippen molar-refractivity contribution in [2.75, 3.05) is 0 Å². The van der Waals surface area contributed by atoms with E-state index in [-0.39, 0.29) is 15.7 Å². The van der Waals surface area contributed by atoms with Crippen molar-refractivity contribution in [3.8, 4) is 0 Å². The van der Waals surface area contributed by atoms with Gasteiger partial charge in [0.15, 0.2) is 0 Å². The van der Waals surface area contributed by atoms with Gasteiger partial charge in [-0.2, -0.15) is 8.42 Å². The molecule has 0 radical (unpaired) electrons. The average Bonchev–Trinajstić information content (AvgIpc) is 2.79. The predicted octanol–water partition coefficient (Wildman–Crippen LogP) is 5.59. The number of hydrogen-bond donors (Lipinski definition) is 1. The summed E-state index contributed by atoms with van der Waals surface area (Å²) in [6.07, 6.45) is 2.89. The van der Waals surface area contributed by atoms with Crippen LogP contribution in [0.2, 0.25) is 0 Å². The first-order valence-corrected chi connectivity index (χ1v) is 11.1. The van der Waals surface area contributed by atoms with Crippen molar-refractivity contribution in [3.63, 3.8) is 0 Å². The highest BCUT2D eigenvalue weighted by atomic mass is 32.2. The summed E-state index contributed by atoms with van der Waals surface area (Å²) in [6, 6.07) is 10.5. The Morgan fingerprint density at radius 3 is 2.39 bits per heavy atom. The van der Waals surface area contributed by atoms with Gasteiger partial charge in [-0.05, 0) is 76.6 Å². The van der Waals surface area contributed by atoms with Crippen LogP contribution in [0, 0.1) is 12.8 Å². The van der Waals surface area contributed by atoms with Gasteiger partial charge in [-0.3, -0.25) is 9.55 Å². The Hall–Kier alpha value is -1.98. The van der Waals surface area contributed by atoms with Gasteiger partial charge in [0.2, 0.25) is 0 Å². The summed E-state index contributed by atoms with van der Waals surface area (Å²) in [5.41, 5.74) is 5.70. The number of aliphatic imine (C=N–C) groups is 1. The SMILES string of the molecule is Cc1cc2c(cc1C=Nc1cccc(S(=O)(=O)O)c1)C(C)(C)CC2(C)C(C)C. The maximum absolute atomic E-state index is 11.3. The molecule has 1 N–H and O–H groups in total. The van der Waals surface area contributed by atoms with Crippen LogP contribution in [0.3, 0.4) is 0 Å². The minimum absolute atomic E-state index is 0.0928. The fourth-order valence-corrected chi connectivity index (χ4v) is 4.91. The van der Waals surface area contributed by atoms with E-state index in [4.69, 9.17) is 0 Å². The number of nitrogens with zero attached hydrogens (tertiary/aromatic N) is 1. The lowest BCUT2D eigenvalue weighted by Crippen LogP contribution is -2.28. The molecule has 2 aromatic carbocycles. The molecule has 28 heavy (non-hydrogen) atoms. The number of aryl methyl sites for hydroxylation is 1. The molecule has 1 aliphatic rings. The molecule has 3 rings (SSSR count). The number of fused-ring (bicyclic) bond motifs is 1. The van der Waals surface area contributed by atoms with Crippen LogP contribution in [0.15, 0.2) is 46.3 Å². The standard InChI is InChI=1S/C23H29NO3S/c1-15(2)23(6)14-22(4,5)20-11-17(16(3)10-21(20)23)13-24-18-8-7-9-19(12-18)28(25,26)27/h7-13,15H,14H2,1-6H3,(H,25,26,27). The molecule has 1 aliphatic carbocycles. The van der Waals surface area contributed by atoms with Crippen LogP contribution >= 0.6 is 0 Å². The van der Waals surface area contributed by atoms with Crippen molar-refractivity contribution in [2.45, 2.75) is 63.7 Å². The molecule has 0 fully saturated rings. The molecule has 0 spiro atoms. The highest BCUT2D eigenvalue weighted by molar-refractivity contribution is 7.85. The van der Waals surface area contributed by atoms with E-state index < -0.39 is 10.1 Å². The first-order chi connectivity index (χ1) is 12.8. The van der Waals surface area contributed by atoms with Crippen LogP contribution < -0.4 is 0 Å². The summed E-state index contributed by atoms with van der Waals surface area (Å²) >= 11 is 0. The number of benzene rings is 2. The van der Waals surface area contributed by atoms with Crippen molar-refractivity contribution in [1.29, 1.82) is 0 Å². The molecule has 2 aromatic rings. The van der Waals surface area contributed by atoms with E-state index in [2.05, 4.69) is 58.7 Å². The van der Waals surface area contributed by atoms with Gasteiger partial charge < -0.3 is 0 Å². The van der Waals surface area contributed by atoms with E-state index in [1.54, 1.807) is 18.3 Å². The third-order valence-corrected chi connectivity index (χ3v) is 7.15. The van der Waals surface area contributed by atoms with E-state index >= 15 is 0 Å². The molecule has 0 heterocycles. The first kappa shape index (κ1) is 20.7. The average molecular weight is 400 g/mol. The smallest absolute Gasteiger partial charge is 0.282 e. The fraction of sp³-hybridized carbons (Fsp3) is 0.435. The lowest BCUT2D eigenvalue weighted by Gasteiger charge is -2.32. The Kier molecular flexibility index (Phi) is 5.05. The number of hydrogen-bond acceptors (Lipinski definition) is 3. The van der Waals surface area contributed by atoms with Crippen LogP contribution in [0.1, 0.15) is 63.3 Å². The van der Waals surface area contributed by atoms with Gasteiger partial charge in [-0.15, -0.1) is 0 Å². The van der Waals surface area contributed by atoms with Gasteiger partial charge in [-0.1, -0.05) is 46.8 Å². The van der Waals surface area contributed by atoms with Crippen molar-refractivity contribution >= 4 is 22.0 Å².